The number of hydrogen-bond donors (Lipinski definition) is 1. The smallest absolute Gasteiger partial charge is 0.338 e. The van der Waals surface area contributed by atoms with Crippen LogP contribution in [-0.2, 0) is 19.1 Å². The minimum atomic E-state index is -0.675. The first-order chi connectivity index (χ1) is 16.0. The molecule has 8 heteroatoms. The molecule has 4 atom stereocenters. The van der Waals surface area contributed by atoms with Gasteiger partial charge in [0.05, 0.1) is 35.9 Å². The number of para-hydroxylation sites is 2. The lowest BCUT2D eigenvalue weighted by atomic mass is 9.81. The van der Waals surface area contributed by atoms with Crippen LogP contribution >= 0.6 is 0 Å². The minimum Gasteiger partial charge on any atom is -0.495 e. The number of nitrogens with one attached hydrogen (secondary N) is 1. The van der Waals surface area contributed by atoms with E-state index in [1.165, 1.54) is 24.1 Å². The van der Waals surface area contributed by atoms with Crippen molar-refractivity contribution in [2.24, 2.45) is 23.7 Å². The first-order valence-electron chi connectivity index (χ1n) is 11.1. The van der Waals surface area contributed by atoms with Gasteiger partial charge in [-0.3, -0.25) is 19.3 Å². The molecule has 0 unspecified atom stereocenters. The van der Waals surface area contributed by atoms with Crippen molar-refractivity contribution in [1.82, 2.24) is 0 Å². The van der Waals surface area contributed by atoms with Gasteiger partial charge < -0.3 is 14.8 Å². The maximum Gasteiger partial charge on any atom is 0.338 e. The molecule has 8 nitrogen and oxygen atoms in total. The van der Waals surface area contributed by atoms with Crippen molar-refractivity contribution in [2.75, 3.05) is 23.9 Å². The second-order valence-corrected chi connectivity index (χ2v) is 8.77. The number of ether oxygens (including phenoxy) is 2. The Labute approximate surface area is 190 Å². The largest absolute Gasteiger partial charge is 0.495 e. The monoisotopic (exact) mass is 448 g/mol. The maximum atomic E-state index is 12.9. The molecule has 0 radical (unpaired) electrons. The van der Waals surface area contributed by atoms with Gasteiger partial charge in [0.15, 0.2) is 6.61 Å². The third kappa shape index (κ3) is 3.65. The van der Waals surface area contributed by atoms with Crippen LogP contribution in [0.2, 0.25) is 0 Å². The molecule has 2 aromatic carbocycles. The van der Waals surface area contributed by atoms with E-state index in [0.29, 0.717) is 29.0 Å². The zero-order valence-electron chi connectivity index (χ0n) is 18.2. The number of nitrogens with zero attached hydrogens (tertiary/aromatic N) is 1. The second-order valence-electron chi connectivity index (χ2n) is 8.77. The van der Waals surface area contributed by atoms with E-state index < -0.39 is 18.5 Å². The van der Waals surface area contributed by atoms with Gasteiger partial charge in [-0.05, 0) is 67.5 Å². The van der Waals surface area contributed by atoms with Crippen molar-refractivity contribution in [3.05, 3.63) is 54.1 Å². The Morgan fingerprint density at radius 3 is 2.24 bits per heavy atom. The Hall–Kier alpha value is -3.68. The summed E-state index contributed by atoms with van der Waals surface area (Å²) in [6.07, 6.45) is 3.03. The summed E-state index contributed by atoms with van der Waals surface area (Å²) < 4.78 is 10.3. The SMILES string of the molecule is COc1ccccc1NC(=O)COC(=O)c1ccc(N2C(=O)[C@H]3[C@H]4CC[C@@H](C4)[C@@H]3C2=O)cc1. The summed E-state index contributed by atoms with van der Waals surface area (Å²) in [5.41, 5.74) is 1.16. The molecule has 170 valence electrons. The van der Waals surface area contributed by atoms with Crippen LogP contribution in [0.5, 0.6) is 5.75 Å². The third-order valence-corrected chi connectivity index (χ3v) is 7.00. The molecule has 5 rings (SSSR count). The number of hydrogen-bond acceptors (Lipinski definition) is 6. The standard InChI is InChI=1S/C25H24N2O6/c1-32-19-5-3-2-4-18(19)26-20(28)13-33-25(31)14-8-10-17(11-9-14)27-23(29)21-15-6-7-16(12-15)22(21)24(27)30/h2-5,8-11,15-16,21-22H,6-7,12-13H2,1H3,(H,26,28)/t15-,16-,21-,22-/m0/s1. The van der Waals surface area contributed by atoms with Crippen molar-refractivity contribution < 1.29 is 28.7 Å². The first-order valence-corrected chi connectivity index (χ1v) is 11.1. The van der Waals surface area contributed by atoms with E-state index in [1.807, 2.05) is 0 Å². The highest BCUT2D eigenvalue weighted by Gasteiger charge is 2.61. The summed E-state index contributed by atoms with van der Waals surface area (Å²) in [4.78, 5) is 51.7. The highest BCUT2D eigenvalue weighted by Crippen LogP contribution is 2.56. The van der Waals surface area contributed by atoms with E-state index >= 15 is 0 Å². The normalized spacial score (nSPS) is 25.2. The molecule has 2 aliphatic carbocycles. The van der Waals surface area contributed by atoms with Crippen LogP contribution in [0.3, 0.4) is 0 Å². The number of amides is 3. The number of anilines is 2. The number of carbonyl (C=O) groups excluding carboxylic acids is 4. The number of methoxy groups -OCH3 is 1. The molecular weight excluding hydrogens is 424 g/mol. The zero-order valence-corrected chi connectivity index (χ0v) is 18.2. The first kappa shape index (κ1) is 21.2. The second kappa shape index (κ2) is 8.35. The molecule has 0 spiro atoms. The summed E-state index contributed by atoms with van der Waals surface area (Å²) in [5, 5.41) is 2.63. The third-order valence-electron chi connectivity index (χ3n) is 7.00. The fraction of sp³-hybridized carbons (Fsp3) is 0.360. The average molecular weight is 448 g/mol. The summed E-state index contributed by atoms with van der Waals surface area (Å²) in [6, 6.07) is 13.1. The van der Waals surface area contributed by atoms with Crippen LogP contribution in [-0.4, -0.2) is 37.4 Å². The molecule has 2 saturated carbocycles. The molecule has 1 N–H and O–H groups in total. The molecule has 3 aliphatic rings. The van der Waals surface area contributed by atoms with Crippen molar-refractivity contribution in [1.29, 1.82) is 0 Å². The highest BCUT2D eigenvalue weighted by molar-refractivity contribution is 6.22. The predicted octanol–water partition coefficient (Wildman–Crippen LogP) is 3.03. The maximum absolute atomic E-state index is 12.9. The molecule has 1 heterocycles. The molecule has 1 saturated heterocycles. The van der Waals surface area contributed by atoms with Crippen molar-refractivity contribution in [3.63, 3.8) is 0 Å². The van der Waals surface area contributed by atoms with Gasteiger partial charge in [-0.15, -0.1) is 0 Å². The fourth-order valence-electron chi connectivity index (χ4n) is 5.56. The lowest BCUT2D eigenvalue weighted by molar-refractivity contribution is -0.123. The van der Waals surface area contributed by atoms with Crippen LogP contribution in [0, 0.1) is 23.7 Å². The number of fused-ring (bicyclic) bond motifs is 5. The Kier molecular flexibility index (Phi) is 5.36. The summed E-state index contributed by atoms with van der Waals surface area (Å²) in [7, 11) is 1.49. The van der Waals surface area contributed by atoms with E-state index in [2.05, 4.69) is 5.32 Å². The van der Waals surface area contributed by atoms with E-state index in [4.69, 9.17) is 9.47 Å². The van der Waals surface area contributed by atoms with Crippen LogP contribution in [0.1, 0.15) is 29.6 Å². The van der Waals surface area contributed by atoms with Gasteiger partial charge >= 0.3 is 5.97 Å². The quantitative estimate of drug-likeness (QED) is 0.538. The molecule has 0 aromatic heterocycles. The fourth-order valence-corrected chi connectivity index (χ4v) is 5.56. The van der Waals surface area contributed by atoms with Crippen molar-refractivity contribution in [3.8, 4) is 5.75 Å². The number of esters is 1. The van der Waals surface area contributed by atoms with Gasteiger partial charge in [-0.2, -0.15) is 0 Å². The van der Waals surface area contributed by atoms with E-state index in [0.717, 1.165) is 19.3 Å². The van der Waals surface area contributed by atoms with Crippen LogP contribution in [0.15, 0.2) is 48.5 Å². The molecule has 1 aliphatic heterocycles. The van der Waals surface area contributed by atoms with Crippen LogP contribution in [0.25, 0.3) is 0 Å². The molecule has 3 fully saturated rings. The lowest BCUT2D eigenvalue weighted by Gasteiger charge is -2.19. The highest BCUT2D eigenvalue weighted by atomic mass is 16.5. The van der Waals surface area contributed by atoms with Gasteiger partial charge in [-0.1, -0.05) is 12.1 Å². The molecular formula is C25H24N2O6. The zero-order chi connectivity index (χ0) is 23.1. The van der Waals surface area contributed by atoms with E-state index in [1.54, 1.807) is 36.4 Å². The molecule has 33 heavy (non-hydrogen) atoms. The van der Waals surface area contributed by atoms with Crippen molar-refractivity contribution in [2.45, 2.75) is 19.3 Å². The Morgan fingerprint density at radius 2 is 1.61 bits per heavy atom. The summed E-state index contributed by atoms with van der Waals surface area (Å²) >= 11 is 0. The minimum absolute atomic E-state index is 0.125. The number of carbonyl (C=O) groups is 4. The number of rotatable bonds is 6. The average Bonchev–Trinajstić information content (AvgIpc) is 3.51. The van der Waals surface area contributed by atoms with Gasteiger partial charge in [0.1, 0.15) is 5.75 Å². The predicted molar refractivity (Wildman–Crippen MR) is 119 cm³/mol. The summed E-state index contributed by atoms with van der Waals surface area (Å²) in [5.74, 6) is -0.678. The topological polar surface area (TPSA) is 102 Å². The Balaban J connectivity index is 1.20. The summed E-state index contributed by atoms with van der Waals surface area (Å²) in [6.45, 7) is -0.464. The van der Waals surface area contributed by atoms with Crippen LogP contribution in [0.4, 0.5) is 11.4 Å². The molecule has 2 aromatic rings. The van der Waals surface area contributed by atoms with Crippen LogP contribution < -0.4 is 15.0 Å². The Morgan fingerprint density at radius 1 is 0.970 bits per heavy atom. The lowest BCUT2D eigenvalue weighted by Crippen LogP contribution is -2.32. The van der Waals surface area contributed by atoms with E-state index in [-0.39, 0.29) is 29.2 Å². The van der Waals surface area contributed by atoms with Gasteiger partial charge in [0.2, 0.25) is 11.8 Å². The number of benzene rings is 2. The molecule has 2 bridgehead atoms. The van der Waals surface area contributed by atoms with Gasteiger partial charge in [-0.25, -0.2) is 4.79 Å². The number of imide groups is 1. The Bertz CT molecular complexity index is 1100. The van der Waals surface area contributed by atoms with Crippen molar-refractivity contribution >= 4 is 35.1 Å². The van der Waals surface area contributed by atoms with Gasteiger partial charge in [0, 0.05) is 0 Å². The van der Waals surface area contributed by atoms with E-state index in [9.17, 15) is 19.2 Å². The van der Waals surface area contributed by atoms with Gasteiger partial charge in [0.25, 0.3) is 5.91 Å². The molecule has 3 amide bonds.